The van der Waals surface area contributed by atoms with E-state index in [0.29, 0.717) is 11.5 Å². The minimum Gasteiger partial charge on any atom is -0.502 e. The second-order valence-electron chi connectivity index (χ2n) is 4.89. The maximum Gasteiger partial charge on any atom is 0.200 e. The minimum absolute atomic E-state index is 0.0130. The summed E-state index contributed by atoms with van der Waals surface area (Å²) in [5.41, 5.74) is 3.67. The van der Waals surface area contributed by atoms with E-state index >= 15 is 0 Å². The number of phenols is 1. The molecule has 0 unspecified atom stereocenters. The Morgan fingerprint density at radius 1 is 1.17 bits per heavy atom. The number of nitrogens with zero attached hydrogens (tertiary/aromatic N) is 1. The number of rotatable bonds is 4. The van der Waals surface area contributed by atoms with Crippen LogP contribution in [0.25, 0.3) is 0 Å². The number of hydrogen-bond donors (Lipinski definition) is 2. The summed E-state index contributed by atoms with van der Waals surface area (Å²) >= 11 is 0. The SMILES string of the molecule is COc1cc(C=NNC(C)(C)C)cc(OC)c1O. The summed E-state index contributed by atoms with van der Waals surface area (Å²) in [7, 11) is 2.98. The molecular formula is C13H20N2O3. The molecule has 0 heterocycles. The van der Waals surface area contributed by atoms with Gasteiger partial charge in [-0.1, -0.05) is 0 Å². The van der Waals surface area contributed by atoms with Crippen molar-refractivity contribution in [3.05, 3.63) is 17.7 Å². The first kappa shape index (κ1) is 14.2. The number of methoxy groups -OCH3 is 2. The zero-order chi connectivity index (χ0) is 13.8. The highest BCUT2D eigenvalue weighted by Crippen LogP contribution is 2.36. The van der Waals surface area contributed by atoms with Crippen LogP contribution in [0.5, 0.6) is 17.2 Å². The summed E-state index contributed by atoms with van der Waals surface area (Å²) in [5, 5.41) is 13.9. The molecule has 1 aromatic carbocycles. The Morgan fingerprint density at radius 2 is 1.67 bits per heavy atom. The highest BCUT2D eigenvalue weighted by molar-refractivity contribution is 5.82. The lowest BCUT2D eigenvalue weighted by molar-refractivity contribution is 0.340. The molecule has 0 fully saturated rings. The van der Waals surface area contributed by atoms with Crippen LogP contribution in [0.4, 0.5) is 0 Å². The molecule has 0 aliphatic rings. The molecule has 0 saturated carbocycles. The molecule has 18 heavy (non-hydrogen) atoms. The van der Waals surface area contributed by atoms with Gasteiger partial charge in [0, 0.05) is 11.1 Å². The van der Waals surface area contributed by atoms with Crippen molar-refractivity contribution in [3.8, 4) is 17.2 Å². The van der Waals surface area contributed by atoms with E-state index in [1.165, 1.54) is 14.2 Å². The molecule has 0 atom stereocenters. The van der Waals surface area contributed by atoms with Gasteiger partial charge >= 0.3 is 0 Å². The Hall–Kier alpha value is -1.91. The third-order valence-electron chi connectivity index (χ3n) is 2.12. The van der Waals surface area contributed by atoms with Crippen molar-refractivity contribution in [2.45, 2.75) is 26.3 Å². The van der Waals surface area contributed by atoms with Crippen molar-refractivity contribution < 1.29 is 14.6 Å². The van der Waals surface area contributed by atoms with E-state index in [-0.39, 0.29) is 11.3 Å². The maximum absolute atomic E-state index is 9.76. The van der Waals surface area contributed by atoms with Crippen LogP contribution in [0, 0.1) is 0 Å². The van der Waals surface area contributed by atoms with Gasteiger partial charge < -0.3 is 20.0 Å². The van der Waals surface area contributed by atoms with Crippen LogP contribution in [0.3, 0.4) is 0 Å². The highest BCUT2D eigenvalue weighted by Gasteiger charge is 2.10. The maximum atomic E-state index is 9.76. The van der Waals surface area contributed by atoms with E-state index in [0.717, 1.165) is 5.56 Å². The lowest BCUT2D eigenvalue weighted by Gasteiger charge is -2.17. The Bertz CT molecular complexity index is 411. The predicted molar refractivity (Wildman–Crippen MR) is 71.7 cm³/mol. The first-order valence-electron chi connectivity index (χ1n) is 5.62. The molecule has 0 aromatic heterocycles. The van der Waals surface area contributed by atoms with E-state index in [2.05, 4.69) is 10.5 Å². The summed E-state index contributed by atoms with van der Waals surface area (Å²) in [4.78, 5) is 0. The smallest absolute Gasteiger partial charge is 0.200 e. The van der Waals surface area contributed by atoms with Crippen molar-refractivity contribution in [3.63, 3.8) is 0 Å². The molecule has 0 saturated heterocycles. The molecule has 0 amide bonds. The average Bonchev–Trinajstić information content (AvgIpc) is 2.29. The van der Waals surface area contributed by atoms with Crippen LogP contribution < -0.4 is 14.9 Å². The van der Waals surface area contributed by atoms with Crippen LogP contribution in [-0.2, 0) is 0 Å². The second-order valence-corrected chi connectivity index (χ2v) is 4.89. The van der Waals surface area contributed by atoms with Crippen molar-refractivity contribution >= 4 is 6.21 Å². The molecule has 5 heteroatoms. The van der Waals surface area contributed by atoms with E-state index in [1.54, 1.807) is 18.3 Å². The molecule has 1 aromatic rings. The number of benzene rings is 1. The zero-order valence-corrected chi connectivity index (χ0v) is 11.4. The third-order valence-corrected chi connectivity index (χ3v) is 2.12. The van der Waals surface area contributed by atoms with Gasteiger partial charge in [-0.15, -0.1) is 0 Å². The van der Waals surface area contributed by atoms with Gasteiger partial charge in [-0.3, -0.25) is 0 Å². The molecule has 1 rings (SSSR count). The Kier molecular flexibility index (Phi) is 4.42. The van der Waals surface area contributed by atoms with Gasteiger partial charge in [0.25, 0.3) is 0 Å². The van der Waals surface area contributed by atoms with Crippen molar-refractivity contribution in [1.82, 2.24) is 5.43 Å². The van der Waals surface area contributed by atoms with Gasteiger partial charge in [-0.2, -0.15) is 5.10 Å². The summed E-state index contributed by atoms with van der Waals surface area (Å²) in [5.74, 6) is 0.694. The number of nitrogens with one attached hydrogen (secondary N) is 1. The molecule has 0 bridgehead atoms. The summed E-state index contributed by atoms with van der Waals surface area (Å²) in [6.45, 7) is 6.05. The van der Waals surface area contributed by atoms with E-state index in [9.17, 15) is 5.11 Å². The fourth-order valence-corrected chi connectivity index (χ4v) is 1.29. The Balaban J connectivity index is 2.96. The molecule has 2 N–H and O–H groups in total. The molecule has 5 nitrogen and oxygen atoms in total. The zero-order valence-electron chi connectivity index (χ0n) is 11.4. The van der Waals surface area contributed by atoms with Gasteiger partial charge in [-0.05, 0) is 32.9 Å². The van der Waals surface area contributed by atoms with Gasteiger partial charge in [0.05, 0.1) is 20.4 Å². The van der Waals surface area contributed by atoms with Crippen molar-refractivity contribution in [1.29, 1.82) is 0 Å². The predicted octanol–water partition coefficient (Wildman–Crippen LogP) is 2.13. The van der Waals surface area contributed by atoms with Crippen molar-refractivity contribution in [2.24, 2.45) is 5.10 Å². The third kappa shape index (κ3) is 3.84. The molecule has 0 spiro atoms. The monoisotopic (exact) mass is 252 g/mol. The van der Waals surface area contributed by atoms with Gasteiger partial charge in [0.15, 0.2) is 11.5 Å². The van der Waals surface area contributed by atoms with E-state index < -0.39 is 0 Å². The van der Waals surface area contributed by atoms with Gasteiger partial charge in [0.1, 0.15) is 0 Å². The molecule has 0 radical (unpaired) electrons. The average molecular weight is 252 g/mol. The lowest BCUT2D eigenvalue weighted by atomic mass is 10.1. The van der Waals surface area contributed by atoms with Crippen LogP contribution in [-0.4, -0.2) is 31.1 Å². The highest BCUT2D eigenvalue weighted by atomic mass is 16.5. The van der Waals surface area contributed by atoms with Crippen LogP contribution >= 0.6 is 0 Å². The van der Waals surface area contributed by atoms with Crippen molar-refractivity contribution in [2.75, 3.05) is 14.2 Å². The summed E-state index contributed by atoms with van der Waals surface area (Å²) in [6, 6.07) is 3.37. The first-order chi connectivity index (χ1) is 8.37. The topological polar surface area (TPSA) is 63.1 Å². The summed E-state index contributed by atoms with van der Waals surface area (Å²) < 4.78 is 10.1. The number of aromatic hydroxyl groups is 1. The number of phenolic OH excluding ortho intramolecular Hbond substituents is 1. The molecule has 0 aliphatic carbocycles. The number of hydrogen-bond acceptors (Lipinski definition) is 5. The van der Waals surface area contributed by atoms with Crippen LogP contribution in [0.2, 0.25) is 0 Å². The molecule has 100 valence electrons. The van der Waals surface area contributed by atoms with E-state index in [1.807, 2.05) is 20.8 Å². The largest absolute Gasteiger partial charge is 0.502 e. The van der Waals surface area contributed by atoms with Crippen LogP contribution in [0.1, 0.15) is 26.3 Å². The fourth-order valence-electron chi connectivity index (χ4n) is 1.29. The molecular weight excluding hydrogens is 232 g/mol. The summed E-state index contributed by atoms with van der Waals surface area (Å²) in [6.07, 6.45) is 1.65. The number of hydrazone groups is 1. The Labute approximate surface area is 107 Å². The van der Waals surface area contributed by atoms with Crippen LogP contribution in [0.15, 0.2) is 17.2 Å². The molecule has 0 aliphatic heterocycles. The Morgan fingerprint density at radius 3 is 2.06 bits per heavy atom. The van der Waals surface area contributed by atoms with Gasteiger partial charge in [-0.25, -0.2) is 0 Å². The normalized spacial score (nSPS) is 11.6. The van der Waals surface area contributed by atoms with Gasteiger partial charge in [0.2, 0.25) is 5.75 Å². The lowest BCUT2D eigenvalue weighted by Crippen LogP contribution is -2.31. The minimum atomic E-state index is -0.0956. The number of ether oxygens (including phenoxy) is 2. The van der Waals surface area contributed by atoms with E-state index in [4.69, 9.17) is 9.47 Å². The first-order valence-corrected chi connectivity index (χ1v) is 5.62. The fraction of sp³-hybridized carbons (Fsp3) is 0.462. The standard InChI is InChI=1S/C13H20N2O3/c1-13(2,3)15-14-8-9-6-10(17-4)12(16)11(7-9)18-5/h6-8,15-16H,1-5H3. The second kappa shape index (κ2) is 5.62. The quantitative estimate of drug-likeness (QED) is 0.636.